The molecule has 1 aliphatic heterocycles. The van der Waals surface area contributed by atoms with E-state index in [0.717, 1.165) is 66.5 Å². The Kier molecular flexibility index (Phi) is 9.73. The van der Waals surface area contributed by atoms with Crippen LogP contribution in [0.15, 0.2) is 41.0 Å². The summed E-state index contributed by atoms with van der Waals surface area (Å²) in [4.78, 5) is 40.1. The van der Waals surface area contributed by atoms with E-state index in [2.05, 4.69) is 9.48 Å². The van der Waals surface area contributed by atoms with Gasteiger partial charge in [-0.05, 0) is 75.2 Å². The predicted molar refractivity (Wildman–Crippen MR) is 144 cm³/mol. The number of methoxy groups -OCH3 is 1. The molecule has 0 N–H and O–H groups in total. The van der Waals surface area contributed by atoms with Gasteiger partial charge in [0.2, 0.25) is 5.91 Å². The van der Waals surface area contributed by atoms with Gasteiger partial charge in [-0.3, -0.25) is 9.59 Å². The molecule has 196 valence electrons. The summed E-state index contributed by atoms with van der Waals surface area (Å²) in [6, 6.07) is 11.8. The minimum Gasteiger partial charge on any atom is -0.497 e. The van der Waals surface area contributed by atoms with E-state index < -0.39 is 5.92 Å². The molecular weight excluding hydrogens is 478 g/mol. The molecule has 1 atom stereocenters. The number of hydrogen-bond acceptors (Lipinski definition) is 8. The summed E-state index contributed by atoms with van der Waals surface area (Å²) in [5.74, 6) is 0.145. The number of piperidine rings is 1. The molecule has 8 nitrogen and oxygen atoms in total. The number of ether oxygens (including phenoxy) is 2. The zero-order valence-electron chi connectivity index (χ0n) is 21.9. The second-order valence-corrected chi connectivity index (χ2v) is 11.5. The molecule has 2 aromatic rings. The molecule has 1 saturated heterocycles. The number of amides is 1. The van der Waals surface area contributed by atoms with Gasteiger partial charge in [-0.2, -0.15) is 0 Å². The van der Waals surface area contributed by atoms with Crippen molar-refractivity contribution in [2.75, 3.05) is 46.9 Å². The van der Waals surface area contributed by atoms with Crippen LogP contribution in [0, 0.1) is 10.8 Å². The van der Waals surface area contributed by atoms with Crippen LogP contribution < -0.4 is 4.74 Å². The van der Waals surface area contributed by atoms with Crippen molar-refractivity contribution in [3.05, 3.63) is 46.9 Å². The minimum atomic E-state index is -0.404. The molecular formula is C27H37N3O5S. The Hall–Kier alpha value is -2.65. The molecule has 0 saturated carbocycles. The quantitative estimate of drug-likeness (QED) is 0.240. The number of nitroso groups, excluding NO2 is 1. The number of carbonyl (C=O) groups excluding carboxylic acids is 2. The number of likely N-dealkylation sites (tertiary alicyclic amines) is 1. The van der Waals surface area contributed by atoms with Gasteiger partial charge in [0.05, 0.1) is 19.6 Å². The van der Waals surface area contributed by atoms with Crippen LogP contribution in [0.4, 0.5) is 0 Å². The van der Waals surface area contributed by atoms with Crippen LogP contribution in [0.25, 0.3) is 10.8 Å². The van der Waals surface area contributed by atoms with E-state index in [1.54, 1.807) is 19.1 Å². The number of carbonyl (C=O) groups is 2. The van der Waals surface area contributed by atoms with Crippen LogP contribution in [0.3, 0.4) is 0 Å². The number of esters is 1. The van der Waals surface area contributed by atoms with Crippen molar-refractivity contribution >= 4 is 34.6 Å². The average molecular weight is 516 g/mol. The lowest BCUT2D eigenvalue weighted by Crippen LogP contribution is -2.45. The lowest BCUT2D eigenvalue weighted by molar-refractivity contribution is -0.147. The number of hydrogen-bond donors (Lipinski definition) is 0. The Morgan fingerprint density at radius 3 is 2.50 bits per heavy atom. The van der Waals surface area contributed by atoms with Crippen molar-refractivity contribution in [2.45, 2.75) is 44.3 Å². The van der Waals surface area contributed by atoms with Gasteiger partial charge in [0, 0.05) is 40.8 Å². The Balaban J connectivity index is 1.43. The Morgan fingerprint density at radius 2 is 1.83 bits per heavy atom. The van der Waals surface area contributed by atoms with Crippen molar-refractivity contribution in [3.8, 4) is 5.75 Å². The maximum atomic E-state index is 12.9. The first-order valence-corrected chi connectivity index (χ1v) is 13.1. The monoisotopic (exact) mass is 515 g/mol. The van der Waals surface area contributed by atoms with Crippen LogP contribution >= 0.6 is 11.9 Å². The van der Waals surface area contributed by atoms with Crippen LogP contribution in [0.2, 0.25) is 0 Å². The van der Waals surface area contributed by atoms with E-state index in [-0.39, 0.29) is 29.1 Å². The highest BCUT2D eigenvalue weighted by atomic mass is 32.2. The SMILES string of the molecule is COc1ccc2cc([C@H](C)C(=O)OCCN(C)C(=O)C3CCN(CC(C)(C)SN=O)CC3)ccc2c1. The van der Waals surface area contributed by atoms with E-state index >= 15 is 0 Å². The first kappa shape index (κ1) is 27.9. The van der Waals surface area contributed by atoms with Crippen molar-refractivity contribution < 1.29 is 19.1 Å². The predicted octanol–water partition coefficient (Wildman–Crippen LogP) is 4.86. The molecule has 0 radical (unpaired) electrons. The number of rotatable bonds is 11. The summed E-state index contributed by atoms with van der Waals surface area (Å²) in [7, 11) is 3.40. The maximum absolute atomic E-state index is 12.9. The van der Waals surface area contributed by atoms with Gasteiger partial charge in [-0.25, -0.2) is 0 Å². The molecule has 0 bridgehead atoms. The van der Waals surface area contributed by atoms with E-state index in [0.29, 0.717) is 6.54 Å². The van der Waals surface area contributed by atoms with Crippen molar-refractivity contribution in [3.63, 3.8) is 0 Å². The average Bonchev–Trinajstić information content (AvgIpc) is 2.87. The summed E-state index contributed by atoms with van der Waals surface area (Å²) in [6.45, 7) is 8.77. The van der Waals surface area contributed by atoms with E-state index in [1.165, 1.54) is 0 Å². The highest BCUT2D eigenvalue weighted by Crippen LogP contribution is 2.29. The summed E-state index contributed by atoms with van der Waals surface area (Å²) in [6.07, 6.45) is 1.56. The van der Waals surface area contributed by atoms with Crippen molar-refractivity contribution in [1.82, 2.24) is 9.80 Å². The van der Waals surface area contributed by atoms with Gasteiger partial charge < -0.3 is 19.3 Å². The fourth-order valence-corrected chi connectivity index (χ4v) is 5.05. The van der Waals surface area contributed by atoms with Gasteiger partial charge >= 0.3 is 5.97 Å². The molecule has 0 unspecified atom stereocenters. The largest absolute Gasteiger partial charge is 0.497 e. The summed E-state index contributed by atoms with van der Waals surface area (Å²) in [5, 5.41) is 2.08. The van der Waals surface area contributed by atoms with E-state index in [9.17, 15) is 14.5 Å². The Labute approximate surface area is 217 Å². The summed E-state index contributed by atoms with van der Waals surface area (Å²) < 4.78 is 13.5. The molecule has 2 aromatic carbocycles. The fourth-order valence-electron chi connectivity index (χ4n) is 4.61. The number of nitrogens with zero attached hydrogens (tertiary/aromatic N) is 3. The molecule has 3 rings (SSSR count). The summed E-state index contributed by atoms with van der Waals surface area (Å²) in [5.41, 5.74) is 0.888. The maximum Gasteiger partial charge on any atom is 0.313 e. The third-order valence-electron chi connectivity index (χ3n) is 6.80. The zero-order valence-corrected chi connectivity index (χ0v) is 22.7. The minimum absolute atomic E-state index is 0.0305. The Bertz CT molecular complexity index is 1070. The third kappa shape index (κ3) is 7.43. The van der Waals surface area contributed by atoms with E-state index in [1.807, 2.05) is 57.2 Å². The number of fused-ring (bicyclic) bond motifs is 1. The third-order valence-corrected chi connectivity index (χ3v) is 7.50. The van der Waals surface area contributed by atoms with E-state index in [4.69, 9.17) is 9.47 Å². The van der Waals surface area contributed by atoms with Gasteiger partial charge in [0.25, 0.3) is 0 Å². The second kappa shape index (κ2) is 12.5. The molecule has 1 amide bonds. The lowest BCUT2D eigenvalue weighted by Gasteiger charge is -2.36. The molecule has 1 aliphatic rings. The first-order chi connectivity index (χ1) is 17.1. The van der Waals surface area contributed by atoms with Gasteiger partial charge in [-0.1, -0.05) is 24.3 Å². The molecule has 1 fully saturated rings. The van der Waals surface area contributed by atoms with Crippen molar-refractivity contribution in [2.24, 2.45) is 10.5 Å². The number of likely N-dealkylation sites (N-methyl/N-ethyl adjacent to an activating group) is 1. The van der Waals surface area contributed by atoms with Gasteiger partial charge in [-0.15, -0.1) is 4.91 Å². The highest BCUT2D eigenvalue weighted by Gasteiger charge is 2.30. The Morgan fingerprint density at radius 1 is 1.17 bits per heavy atom. The summed E-state index contributed by atoms with van der Waals surface area (Å²) >= 11 is 1.06. The smallest absolute Gasteiger partial charge is 0.313 e. The standard InChI is InChI=1S/C27H37N3O5S/c1-19(21-6-7-23-17-24(34-5)9-8-22(23)16-21)26(32)35-15-14-29(4)25(31)20-10-12-30(13-11-20)18-27(2,3)36-28-33/h6-9,16-17,19-20H,10-15,18H2,1-5H3/t19-/m0/s1. The van der Waals surface area contributed by atoms with Gasteiger partial charge in [0.15, 0.2) is 0 Å². The molecule has 0 spiro atoms. The van der Waals surface area contributed by atoms with Crippen LogP contribution in [0.5, 0.6) is 5.75 Å². The van der Waals surface area contributed by atoms with Crippen LogP contribution in [-0.2, 0) is 14.3 Å². The molecule has 1 heterocycles. The van der Waals surface area contributed by atoms with Gasteiger partial charge in [0.1, 0.15) is 12.4 Å². The topological polar surface area (TPSA) is 88.5 Å². The lowest BCUT2D eigenvalue weighted by atomic mass is 9.94. The molecule has 9 heteroatoms. The molecule has 0 aromatic heterocycles. The van der Waals surface area contributed by atoms with Crippen LogP contribution in [-0.4, -0.2) is 73.4 Å². The number of benzene rings is 2. The molecule has 0 aliphatic carbocycles. The highest BCUT2D eigenvalue weighted by molar-refractivity contribution is 7.99. The van der Waals surface area contributed by atoms with Crippen molar-refractivity contribution in [1.29, 1.82) is 0 Å². The second-order valence-electron chi connectivity index (χ2n) is 10.1. The first-order valence-electron chi connectivity index (χ1n) is 12.4. The zero-order chi connectivity index (χ0) is 26.3. The fraction of sp³-hybridized carbons (Fsp3) is 0.556. The molecule has 36 heavy (non-hydrogen) atoms. The van der Waals surface area contributed by atoms with Crippen LogP contribution in [0.1, 0.15) is 45.1 Å². The normalized spacial score (nSPS) is 15.9.